The maximum atomic E-state index is 13.4. The van der Waals surface area contributed by atoms with Crippen molar-refractivity contribution in [1.82, 2.24) is 0 Å². The Bertz CT molecular complexity index is 767. The molecule has 3 aliphatic carbocycles. The van der Waals surface area contributed by atoms with Crippen LogP contribution in [-0.4, -0.2) is 54.3 Å². The summed E-state index contributed by atoms with van der Waals surface area (Å²) in [6, 6.07) is 0. The molecule has 2 saturated heterocycles. The average molecular weight is 515 g/mol. The van der Waals surface area contributed by atoms with Gasteiger partial charge < -0.3 is 23.7 Å². The summed E-state index contributed by atoms with van der Waals surface area (Å²) in [6.45, 7) is 6.70. The van der Waals surface area contributed by atoms with Crippen LogP contribution in [0.15, 0.2) is 0 Å². The fourth-order valence-corrected chi connectivity index (χ4v) is 8.02. The second-order valence-corrected chi connectivity index (χ2v) is 12.1. The van der Waals surface area contributed by atoms with Gasteiger partial charge in [0, 0.05) is 7.11 Å². The number of ether oxygens (including phenoxy) is 5. The van der Waals surface area contributed by atoms with Gasteiger partial charge in [0.05, 0.1) is 18.1 Å². The van der Waals surface area contributed by atoms with Gasteiger partial charge in [-0.15, -0.1) is 0 Å². The average Bonchev–Trinajstić information content (AvgIpc) is 3.10. The summed E-state index contributed by atoms with van der Waals surface area (Å²) < 4.78 is 28.7. The molecule has 180 valence electrons. The standard InChI is InChI=1S/C24H35BrO7/c1-12(2)15-10-9-13(3)11-16(15)30-20-18(29-14-7-5-6-8-14)23(21(26)32-20)17-19(28-4)31-22(27)24(17,23)25/h12-20H,5-11H2,1-4H3/t13-,15+,16-,17-,18+,19+,20-,23-,24-/m1/s1. The first kappa shape index (κ1) is 23.1. The summed E-state index contributed by atoms with van der Waals surface area (Å²) in [5.74, 6) is 0.0109. The number of hydrogen-bond acceptors (Lipinski definition) is 7. The molecule has 0 aromatic heterocycles. The minimum absolute atomic E-state index is 0.00332. The normalized spacial score (nSPS) is 48.4. The summed E-state index contributed by atoms with van der Waals surface area (Å²) in [5.41, 5.74) is -1.18. The Morgan fingerprint density at radius 1 is 1.00 bits per heavy atom. The molecule has 5 aliphatic rings. The number of hydrogen-bond donors (Lipinski definition) is 0. The topological polar surface area (TPSA) is 80.3 Å². The number of esters is 2. The van der Waals surface area contributed by atoms with Gasteiger partial charge in [-0.05, 0) is 43.4 Å². The molecule has 3 saturated carbocycles. The van der Waals surface area contributed by atoms with E-state index in [9.17, 15) is 9.59 Å². The van der Waals surface area contributed by atoms with E-state index in [0.717, 1.165) is 38.5 Å². The third-order valence-electron chi connectivity index (χ3n) is 8.63. The molecule has 0 aromatic rings. The first-order chi connectivity index (χ1) is 15.2. The SMILES string of the molecule is CO[C@H]1OC(=O)[C@]2(Br)[C@H]1[C@@]21C(=O)O[C@@H](O[C@@H]2C[C@H](C)CC[C@H]2C(C)C)[C@@H]1OC1CCCC1. The molecule has 0 bridgehead atoms. The largest absolute Gasteiger partial charge is 0.434 e. The summed E-state index contributed by atoms with van der Waals surface area (Å²) in [4.78, 5) is 26.2. The second kappa shape index (κ2) is 8.21. The lowest BCUT2D eigenvalue weighted by Gasteiger charge is -2.39. The lowest BCUT2D eigenvalue weighted by molar-refractivity contribution is -0.221. The van der Waals surface area contributed by atoms with Crippen molar-refractivity contribution < 1.29 is 33.3 Å². The van der Waals surface area contributed by atoms with E-state index in [4.69, 9.17) is 23.7 Å². The zero-order chi connectivity index (χ0) is 22.8. The van der Waals surface area contributed by atoms with E-state index in [1.54, 1.807) is 0 Å². The van der Waals surface area contributed by atoms with Gasteiger partial charge in [0.2, 0.25) is 12.6 Å². The molecule has 32 heavy (non-hydrogen) atoms. The van der Waals surface area contributed by atoms with Crippen LogP contribution in [0.2, 0.25) is 0 Å². The fourth-order valence-electron chi connectivity index (χ4n) is 6.83. The van der Waals surface area contributed by atoms with Crippen LogP contribution in [0.3, 0.4) is 0 Å². The smallest absolute Gasteiger partial charge is 0.327 e. The minimum Gasteiger partial charge on any atom is -0.434 e. The molecule has 0 radical (unpaired) electrons. The molecule has 0 N–H and O–H groups in total. The number of carbonyl (C=O) groups excluding carboxylic acids is 2. The summed E-state index contributed by atoms with van der Waals surface area (Å²) >= 11 is 3.58. The van der Waals surface area contributed by atoms with E-state index in [0.29, 0.717) is 17.8 Å². The summed E-state index contributed by atoms with van der Waals surface area (Å²) in [6.07, 6.45) is 5.06. The van der Waals surface area contributed by atoms with Crippen LogP contribution in [0.4, 0.5) is 0 Å². The van der Waals surface area contributed by atoms with Gasteiger partial charge in [0.1, 0.15) is 11.5 Å². The van der Waals surface area contributed by atoms with Crippen LogP contribution in [0.5, 0.6) is 0 Å². The maximum absolute atomic E-state index is 13.4. The van der Waals surface area contributed by atoms with Crippen molar-refractivity contribution in [2.24, 2.45) is 29.1 Å². The predicted octanol–water partition coefficient (Wildman–Crippen LogP) is 3.95. The highest BCUT2D eigenvalue weighted by atomic mass is 79.9. The monoisotopic (exact) mass is 514 g/mol. The molecule has 2 heterocycles. The Morgan fingerprint density at radius 2 is 1.69 bits per heavy atom. The van der Waals surface area contributed by atoms with Crippen LogP contribution < -0.4 is 0 Å². The molecule has 1 spiro atoms. The zero-order valence-electron chi connectivity index (χ0n) is 19.4. The van der Waals surface area contributed by atoms with Crippen LogP contribution in [0, 0.1) is 29.1 Å². The minimum atomic E-state index is -1.18. The van der Waals surface area contributed by atoms with Gasteiger partial charge in [-0.2, -0.15) is 0 Å². The zero-order valence-corrected chi connectivity index (χ0v) is 21.0. The Morgan fingerprint density at radius 3 is 2.34 bits per heavy atom. The van der Waals surface area contributed by atoms with Crippen molar-refractivity contribution in [3.8, 4) is 0 Å². The molecule has 5 fully saturated rings. The highest BCUT2D eigenvalue weighted by Crippen LogP contribution is 2.78. The number of alkyl halides is 1. The Balaban J connectivity index is 1.45. The van der Waals surface area contributed by atoms with Crippen LogP contribution >= 0.6 is 15.9 Å². The van der Waals surface area contributed by atoms with Gasteiger partial charge >= 0.3 is 11.9 Å². The molecule has 2 aliphatic heterocycles. The van der Waals surface area contributed by atoms with Gasteiger partial charge in [-0.25, -0.2) is 0 Å². The molecular formula is C24H35BrO7. The predicted molar refractivity (Wildman–Crippen MR) is 118 cm³/mol. The molecule has 0 unspecified atom stereocenters. The van der Waals surface area contributed by atoms with Gasteiger partial charge in [-0.3, -0.25) is 9.59 Å². The fraction of sp³-hybridized carbons (Fsp3) is 0.917. The van der Waals surface area contributed by atoms with E-state index in [2.05, 4.69) is 36.7 Å². The molecular weight excluding hydrogens is 480 g/mol. The van der Waals surface area contributed by atoms with Crippen LogP contribution in [-0.2, 0) is 33.3 Å². The van der Waals surface area contributed by atoms with E-state index >= 15 is 0 Å². The van der Waals surface area contributed by atoms with E-state index in [1.807, 2.05) is 0 Å². The van der Waals surface area contributed by atoms with E-state index in [1.165, 1.54) is 13.5 Å². The number of fused-ring (bicyclic) bond motifs is 3. The van der Waals surface area contributed by atoms with Crippen molar-refractivity contribution in [3.63, 3.8) is 0 Å². The first-order valence-corrected chi connectivity index (χ1v) is 13.0. The molecule has 9 atom stereocenters. The Kier molecular flexibility index (Phi) is 5.91. The summed E-state index contributed by atoms with van der Waals surface area (Å²) in [5, 5.41) is 0. The maximum Gasteiger partial charge on any atom is 0.327 e. The number of halogens is 1. The van der Waals surface area contributed by atoms with Crippen molar-refractivity contribution in [2.45, 2.75) is 101 Å². The molecule has 0 amide bonds. The first-order valence-electron chi connectivity index (χ1n) is 12.2. The quantitative estimate of drug-likeness (QED) is 0.392. The lowest BCUT2D eigenvalue weighted by Crippen LogP contribution is -2.46. The van der Waals surface area contributed by atoms with Crippen molar-refractivity contribution in [2.75, 3.05) is 7.11 Å². The number of carbonyl (C=O) groups is 2. The van der Waals surface area contributed by atoms with Crippen molar-refractivity contribution in [3.05, 3.63) is 0 Å². The van der Waals surface area contributed by atoms with Crippen LogP contribution in [0.1, 0.15) is 65.7 Å². The number of methoxy groups -OCH3 is 1. The molecule has 8 heteroatoms. The Hall–Kier alpha value is -0.700. The van der Waals surface area contributed by atoms with Crippen LogP contribution in [0.25, 0.3) is 0 Å². The molecule has 7 nitrogen and oxygen atoms in total. The second-order valence-electron chi connectivity index (χ2n) is 10.8. The summed E-state index contributed by atoms with van der Waals surface area (Å²) in [7, 11) is 1.49. The number of cyclic esters (lactones) is 2. The van der Waals surface area contributed by atoms with Crippen molar-refractivity contribution in [1.29, 1.82) is 0 Å². The lowest BCUT2D eigenvalue weighted by atomic mass is 9.75. The van der Waals surface area contributed by atoms with E-state index in [-0.39, 0.29) is 12.2 Å². The van der Waals surface area contributed by atoms with Gasteiger partial charge in [-0.1, -0.05) is 56.0 Å². The molecule has 0 aromatic carbocycles. The third kappa shape index (κ3) is 3.15. The highest BCUT2D eigenvalue weighted by Gasteiger charge is 2.96. The van der Waals surface area contributed by atoms with Gasteiger partial charge in [0.15, 0.2) is 4.32 Å². The Labute approximate surface area is 198 Å². The third-order valence-corrected chi connectivity index (χ3v) is 10.1. The highest BCUT2D eigenvalue weighted by molar-refractivity contribution is 9.10. The molecule has 5 rings (SSSR count). The number of rotatable bonds is 6. The van der Waals surface area contributed by atoms with Gasteiger partial charge in [0.25, 0.3) is 0 Å². The van der Waals surface area contributed by atoms with E-state index < -0.39 is 46.3 Å². The van der Waals surface area contributed by atoms with Crippen molar-refractivity contribution >= 4 is 27.9 Å².